The van der Waals surface area contributed by atoms with E-state index in [2.05, 4.69) is 30.7 Å². The van der Waals surface area contributed by atoms with E-state index in [0.717, 1.165) is 16.0 Å². The van der Waals surface area contributed by atoms with Gasteiger partial charge in [0.2, 0.25) is 0 Å². The minimum absolute atomic E-state index is 0.0260. The molecule has 136 valence electrons. The maximum atomic E-state index is 12.3. The van der Waals surface area contributed by atoms with Crippen LogP contribution in [0.1, 0.15) is 53.0 Å². The van der Waals surface area contributed by atoms with E-state index < -0.39 is 5.97 Å². The summed E-state index contributed by atoms with van der Waals surface area (Å²) in [5.41, 5.74) is 2.40. The molecule has 0 spiro atoms. The van der Waals surface area contributed by atoms with Gasteiger partial charge in [-0.15, -0.1) is 11.3 Å². The molecular formula is C20H22N2O3S. The van der Waals surface area contributed by atoms with Crippen molar-refractivity contribution in [3.63, 3.8) is 0 Å². The van der Waals surface area contributed by atoms with Crippen molar-refractivity contribution in [1.82, 2.24) is 9.97 Å². The lowest BCUT2D eigenvalue weighted by molar-refractivity contribution is 0.0462. The van der Waals surface area contributed by atoms with Crippen molar-refractivity contribution in [2.24, 2.45) is 0 Å². The number of rotatable bonds is 3. The maximum absolute atomic E-state index is 12.3. The summed E-state index contributed by atoms with van der Waals surface area (Å²) in [6, 6.07) is 7.38. The monoisotopic (exact) mass is 370 g/mol. The summed E-state index contributed by atoms with van der Waals surface area (Å²) >= 11 is 1.47. The van der Waals surface area contributed by atoms with Crippen molar-refractivity contribution >= 4 is 27.5 Å². The summed E-state index contributed by atoms with van der Waals surface area (Å²) in [5.74, 6) is -0.0878. The van der Waals surface area contributed by atoms with Gasteiger partial charge in [-0.1, -0.05) is 32.9 Å². The predicted molar refractivity (Wildman–Crippen MR) is 104 cm³/mol. The molecule has 3 aromatic rings. The molecule has 1 aromatic carbocycles. The van der Waals surface area contributed by atoms with Crippen molar-refractivity contribution in [2.45, 2.75) is 46.6 Å². The zero-order valence-corrected chi connectivity index (χ0v) is 16.4. The Hall–Kier alpha value is -2.47. The van der Waals surface area contributed by atoms with Crippen molar-refractivity contribution in [1.29, 1.82) is 0 Å². The molecule has 5 nitrogen and oxygen atoms in total. The van der Waals surface area contributed by atoms with E-state index in [1.165, 1.54) is 11.3 Å². The van der Waals surface area contributed by atoms with Crippen LogP contribution in [0.2, 0.25) is 0 Å². The van der Waals surface area contributed by atoms with Crippen molar-refractivity contribution in [3.8, 4) is 0 Å². The molecule has 1 N–H and O–H groups in total. The number of nitrogens with zero attached hydrogens (tertiary/aromatic N) is 1. The Bertz CT molecular complexity index is 1020. The van der Waals surface area contributed by atoms with Gasteiger partial charge in [-0.25, -0.2) is 9.78 Å². The number of thiophene rings is 1. The molecule has 0 amide bonds. The van der Waals surface area contributed by atoms with Crippen LogP contribution >= 0.6 is 11.3 Å². The molecule has 0 saturated carbocycles. The number of fused-ring (bicyclic) bond motifs is 1. The van der Waals surface area contributed by atoms with Crippen LogP contribution in [0.3, 0.4) is 0 Å². The summed E-state index contributed by atoms with van der Waals surface area (Å²) in [7, 11) is 0. The van der Waals surface area contributed by atoms with Crippen LogP contribution in [-0.2, 0) is 16.8 Å². The number of aryl methyl sites for hydroxylation is 2. The number of hydrogen-bond donors (Lipinski definition) is 1. The highest BCUT2D eigenvalue weighted by Gasteiger charge is 2.16. The van der Waals surface area contributed by atoms with E-state index in [4.69, 9.17) is 4.74 Å². The van der Waals surface area contributed by atoms with Gasteiger partial charge in [-0.05, 0) is 42.5 Å². The SMILES string of the molecule is Cc1sc2nc(COC(=O)c3ccc(C(C)(C)C)cc3)[nH]c(=O)c2c1C. The van der Waals surface area contributed by atoms with Crippen molar-refractivity contribution < 1.29 is 9.53 Å². The van der Waals surface area contributed by atoms with Crippen molar-refractivity contribution in [3.05, 3.63) is 62.0 Å². The standard InChI is InChI=1S/C20H22N2O3S/c1-11-12(2)26-18-16(11)17(23)21-15(22-18)10-25-19(24)13-6-8-14(9-7-13)20(3,4)5/h6-9H,10H2,1-5H3,(H,21,22,23). The van der Waals surface area contributed by atoms with E-state index in [1.807, 2.05) is 26.0 Å². The topological polar surface area (TPSA) is 72.0 Å². The zero-order valence-electron chi connectivity index (χ0n) is 15.6. The van der Waals surface area contributed by atoms with E-state index in [1.54, 1.807) is 12.1 Å². The van der Waals surface area contributed by atoms with Crippen molar-refractivity contribution in [2.75, 3.05) is 0 Å². The quantitative estimate of drug-likeness (QED) is 0.700. The molecule has 6 heteroatoms. The number of aromatic nitrogens is 2. The lowest BCUT2D eigenvalue weighted by Gasteiger charge is -2.18. The second kappa shape index (κ2) is 6.68. The molecule has 26 heavy (non-hydrogen) atoms. The maximum Gasteiger partial charge on any atom is 0.338 e. The number of ether oxygens (including phenoxy) is 1. The lowest BCUT2D eigenvalue weighted by Crippen LogP contribution is -2.15. The normalized spacial score (nSPS) is 11.7. The Kier molecular flexibility index (Phi) is 4.71. The van der Waals surface area contributed by atoms with Gasteiger partial charge in [0.1, 0.15) is 17.3 Å². The molecule has 0 atom stereocenters. The third-order valence-electron chi connectivity index (χ3n) is 4.41. The van der Waals surface area contributed by atoms with Crippen LogP contribution in [-0.4, -0.2) is 15.9 Å². The van der Waals surface area contributed by atoms with Crippen LogP contribution in [0.15, 0.2) is 29.1 Å². The number of H-pyrrole nitrogens is 1. The highest BCUT2D eigenvalue weighted by molar-refractivity contribution is 7.18. The number of nitrogens with one attached hydrogen (secondary N) is 1. The first kappa shape index (κ1) is 18.3. The number of hydrogen-bond acceptors (Lipinski definition) is 5. The lowest BCUT2D eigenvalue weighted by atomic mass is 9.87. The average Bonchev–Trinajstić information content (AvgIpc) is 2.86. The van der Waals surface area contributed by atoms with E-state index in [9.17, 15) is 9.59 Å². The molecular weight excluding hydrogens is 348 g/mol. The van der Waals surface area contributed by atoms with Gasteiger partial charge < -0.3 is 9.72 Å². The van der Waals surface area contributed by atoms with E-state index >= 15 is 0 Å². The Morgan fingerprint density at radius 2 is 1.85 bits per heavy atom. The summed E-state index contributed by atoms with van der Waals surface area (Å²) in [6.45, 7) is 10.2. The molecule has 2 aromatic heterocycles. The number of carbonyl (C=O) groups excluding carboxylic acids is 1. The number of benzene rings is 1. The van der Waals surface area contributed by atoms with Gasteiger partial charge in [-0.2, -0.15) is 0 Å². The molecule has 0 bridgehead atoms. The second-order valence-corrected chi connectivity index (χ2v) is 8.58. The summed E-state index contributed by atoms with van der Waals surface area (Å²) in [5, 5.41) is 0.611. The fourth-order valence-corrected chi connectivity index (χ4v) is 3.74. The highest BCUT2D eigenvalue weighted by Crippen LogP contribution is 2.26. The summed E-state index contributed by atoms with van der Waals surface area (Å²) in [4.78, 5) is 33.3. The highest BCUT2D eigenvalue weighted by atomic mass is 32.1. The molecule has 2 heterocycles. The molecule has 0 fully saturated rings. The first-order valence-corrected chi connectivity index (χ1v) is 9.25. The Morgan fingerprint density at radius 1 is 1.19 bits per heavy atom. The largest absolute Gasteiger partial charge is 0.454 e. The van der Waals surface area contributed by atoms with Gasteiger partial charge in [0.25, 0.3) is 5.56 Å². The van der Waals surface area contributed by atoms with Gasteiger partial charge in [-0.3, -0.25) is 4.79 Å². The first-order chi connectivity index (χ1) is 12.2. The number of esters is 1. The fourth-order valence-electron chi connectivity index (χ4n) is 2.69. The predicted octanol–water partition coefficient (Wildman–Crippen LogP) is 4.26. The minimum Gasteiger partial charge on any atom is -0.454 e. The van der Waals surface area contributed by atoms with Crippen LogP contribution in [0.5, 0.6) is 0 Å². The molecule has 0 aliphatic carbocycles. The van der Waals surface area contributed by atoms with Gasteiger partial charge >= 0.3 is 5.97 Å². The average molecular weight is 370 g/mol. The fraction of sp³-hybridized carbons (Fsp3) is 0.350. The van der Waals surface area contributed by atoms with Crippen LogP contribution < -0.4 is 5.56 Å². The Labute approximate surface area is 156 Å². The van der Waals surface area contributed by atoms with Gasteiger partial charge in [0.15, 0.2) is 0 Å². The number of carbonyl (C=O) groups is 1. The smallest absolute Gasteiger partial charge is 0.338 e. The van der Waals surface area contributed by atoms with Crippen LogP contribution in [0, 0.1) is 13.8 Å². The summed E-state index contributed by atoms with van der Waals surface area (Å²) in [6.07, 6.45) is 0. The Balaban J connectivity index is 1.75. The third kappa shape index (κ3) is 3.55. The Morgan fingerprint density at radius 3 is 2.46 bits per heavy atom. The van der Waals surface area contributed by atoms with Crippen LogP contribution in [0.25, 0.3) is 10.2 Å². The molecule has 0 unspecified atom stereocenters. The molecule has 0 aliphatic heterocycles. The van der Waals surface area contributed by atoms with E-state index in [0.29, 0.717) is 21.6 Å². The third-order valence-corrected chi connectivity index (χ3v) is 5.52. The molecule has 3 rings (SSSR count). The molecule has 0 saturated heterocycles. The molecule has 0 aliphatic rings. The number of aromatic amines is 1. The van der Waals surface area contributed by atoms with Crippen LogP contribution in [0.4, 0.5) is 0 Å². The van der Waals surface area contributed by atoms with E-state index in [-0.39, 0.29) is 17.6 Å². The van der Waals surface area contributed by atoms with Gasteiger partial charge in [0, 0.05) is 4.88 Å². The molecule has 0 radical (unpaired) electrons. The van der Waals surface area contributed by atoms with Gasteiger partial charge in [0.05, 0.1) is 10.9 Å². The minimum atomic E-state index is -0.438. The first-order valence-electron chi connectivity index (χ1n) is 8.43. The second-order valence-electron chi connectivity index (χ2n) is 7.38. The summed E-state index contributed by atoms with van der Waals surface area (Å²) < 4.78 is 5.31. The zero-order chi connectivity index (χ0) is 19.1.